The van der Waals surface area contributed by atoms with E-state index >= 15 is 0 Å². The van der Waals surface area contributed by atoms with Crippen molar-refractivity contribution in [2.75, 3.05) is 13.2 Å². The van der Waals surface area contributed by atoms with Crippen molar-refractivity contribution in [2.24, 2.45) is 0 Å². The third-order valence-electron chi connectivity index (χ3n) is 4.60. The van der Waals surface area contributed by atoms with Gasteiger partial charge < -0.3 is 9.47 Å². The number of ketones is 2. The first kappa shape index (κ1) is 19.4. The van der Waals surface area contributed by atoms with Crippen molar-refractivity contribution in [1.29, 1.82) is 0 Å². The zero-order valence-corrected chi connectivity index (χ0v) is 16.0. The molecule has 0 unspecified atom stereocenters. The standard InChI is InChI=1S/C24H22O4/c1-17-18(2)24(28-16-22(26)20-11-7-4-8-12-20)14-13-23(17)27-15-21(25)19-9-5-3-6-10-19/h3-14H,15-16H2,1-2H3. The zero-order chi connectivity index (χ0) is 19.9. The van der Waals surface area contributed by atoms with Gasteiger partial charge in [-0.15, -0.1) is 0 Å². The Balaban J connectivity index is 1.62. The Morgan fingerprint density at radius 3 is 1.32 bits per heavy atom. The van der Waals surface area contributed by atoms with E-state index in [1.54, 1.807) is 36.4 Å². The van der Waals surface area contributed by atoms with Crippen LogP contribution in [0, 0.1) is 13.8 Å². The van der Waals surface area contributed by atoms with Gasteiger partial charge in [0.15, 0.2) is 24.8 Å². The molecule has 0 fully saturated rings. The fourth-order valence-corrected chi connectivity index (χ4v) is 2.79. The molecule has 3 rings (SSSR count). The van der Waals surface area contributed by atoms with E-state index in [-0.39, 0.29) is 24.8 Å². The lowest BCUT2D eigenvalue weighted by Crippen LogP contribution is -2.13. The molecular weight excluding hydrogens is 352 g/mol. The third kappa shape index (κ3) is 4.65. The number of hydrogen-bond donors (Lipinski definition) is 0. The monoisotopic (exact) mass is 374 g/mol. The molecule has 0 N–H and O–H groups in total. The molecule has 0 saturated carbocycles. The predicted molar refractivity (Wildman–Crippen MR) is 108 cm³/mol. The van der Waals surface area contributed by atoms with Gasteiger partial charge in [0, 0.05) is 11.1 Å². The molecule has 3 aromatic carbocycles. The Morgan fingerprint density at radius 1 is 0.607 bits per heavy atom. The average Bonchev–Trinajstić information content (AvgIpc) is 2.75. The van der Waals surface area contributed by atoms with Crippen molar-refractivity contribution in [2.45, 2.75) is 13.8 Å². The quantitative estimate of drug-likeness (QED) is 0.530. The highest BCUT2D eigenvalue weighted by molar-refractivity contribution is 5.97. The first-order valence-electron chi connectivity index (χ1n) is 9.08. The van der Waals surface area contributed by atoms with Gasteiger partial charge in [0.2, 0.25) is 0 Å². The molecule has 3 aromatic rings. The van der Waals surface area contributed by atoms with Crippen molar-refractivity contribution in [3.8, 4) is 11.5 Å². The lowest BCUT2D eigenvalue weighted by molar-refractivity contribution is 0.0911. The molecule has 0 saturated heterocycles. The van der Waals surface area contributed by atoms with E-state index in [1.165, 1.54) is 0 Å². The number of hydrogen-bond acceptors (Lipinski definition) is 4. The van der Waals surface area contributed by atoms with E-state index in [2.05, 4.69) is 0 Å². The maximum absolute atomic E-state index is 12.2. The highest BCUT2D eigenvalue weighted by Gasteiger charge is 2.13. The summed E-state index contributed by atoms with van der Waals surface area (Å²) in [5.74, 6) is 1.10. The number of rotatable bonds is 8. The number of Topliss-reactive ketones (excluding diaryl/α,β-unsaturated/α-hetero) is 2. The molecule has 0 spiro atoms. The summed E-state index contributed by atoms with van der Waals surface area (Å²) >= 11 is 0. The van der Waals surface area contributed by atoms with Gasteiger partial charge in [-0.05, 0) is 37.1 Å². The van der Waals surface area contributed by atoms with Gasteiger partial charge in [0.05, 0.1) is 0 Å². The zero-order valence-electron chi connectivity index (χ0n) is 16.0. The number of carbonyl (C=O) groups is 2. The summed E-state index contributed by atoms with van der Waals surface area (Å²) in [7, 11) is 0. The molecule has 0 aliphatic rings. The Morgan fingerprint density at radius 2 is 0.964 bits per heavy atom. The Hall–Kier alpha value is -3.40. The van der Waals surface area contributed by atoms with Crippen LogP contribution in [0.15, 0.2) is 72.8 Å². The molecule has 4 nitrogen and oxygen atoms in total. The normalized spacial score (nSPS) is 10.4. The van der Waals surface area contributed by atoms with E-state index < -0.39 is 0 Å². The molecule has 0 bridgehead atoms. The predicted octanol–water partition coefficient (Wildman–Crippen LogP) is 4.83. The second-order valence-corrected chi connectivity index (χ2v) is 6.47. The summed E-state index contributed by atoms with van der Waals surface area (Å²) in [5, 5.41) is 0. The number of carbonyl (C=O) groups excluding carboxylic acids is 2. The fraction of sp³-hybridized carbons (Fsp3) is 0.167. The van der Waals surface area contributed by atoms with Crippen LogP contribution < -0.4 is 9.47 Å². The van der Waals surface area contributed by atoms with Crippen LogP contribution in [0.3, 0.4) is 0 Å². The van der Waals surface area contributed by atoms with Gasteiger partial charge in [0.25, 0.3) is 0 Å². The SMILES string of the molecule is Cc1c(OCC(=O)c2ccccc2)ccc(OCC(=O)c2ccccc2)c1C. The van der Waals surface area contributed by atoms with Crippen molar-refractivity contribution in [3.63, 3.8) is 0 Å². The van der Waals surface area contributed by atoms with Crippen LogP contribution in [0.1, 0.15) is 31.8 Å². The molecule has 0 aromatic heterocycles. The molecule has 0 heterocycles. The van der Waals surface area contributed by atoms with Crippen molar-refractivity contribution in [3.05, 3.63) is 95.1 Å². The van der Waals surface area contributed by atoms with Crippen molar-refractivity contribution >= 4 is 11.6 Å². The van der Waals surface area contributed by atoms with Crippen molar-refractivity contribution in [1.82, 2.24) is 0 Å². The second-order valence-electron chi connectivity index (χ2n) is 6.47. The van der Waals surface area contributed by atoms with Crippen LogP contribution in [-0.4, -0.2) is 24.8 Å². The van der Waals surface area contributed by atoms with Gasteiger partial charge >= 0.3 is 0 Å². The van der Waals surface area contributed by atoms with Crippen LogP contribution in [0.4, 0.5) is 0 Å². The Kier molecular flexibility index (Phi) is 6.22. The summed E-state index contributed by atoms with van der Waals surface area (Å²) in [5.41, 5.74) is 3.00. The molecular formula is C24H22O4. The van der Waals surface area contributed by atoms with E-state index in [9.17, 15) is 9.59 Å². The van der Waals surface area contributed by atoms with Crippen LogP contribution in [0.5, 0.6) is 11.5 Å². The number of benzene rings is 3. The van der Waals surface area contributed by atoms with Gasteiger partial charge in [-0.1, -0.05) is 60.7 Å². The minimum Gasteiger partial charge on any atom is -0.485 e. The van der Waals surface area contributed by atoms with Crippen LogP contribution in [0.25, 0.3) is 0 Å². The minimum atomic E-state index is -0.0774. The van der Waals surface area contributed by atoms with Crippen LogP contribution in [0.2, 0.25) is 0 Å². The van der Waals surface area contributed by atoms with Crippen molar-refractivity contribution < 1.29 is 19.1 Å². The minimum absolute atomic E-state index is 0.0308. The summed E-state index contributed by atoms with van der Waals surface area (Å²) in [4.78, 5) is 24.4. The molecule has 0 aliphatic heterocycles. The summed E-state index contributed by atoms with van der Waals surface area (Å²) < 4.78 is 11.4. The molecule has 0 radical (unpaired) electrons. The van der Waals surface area contributed by atoms with E-state index in [4.69, 9.17) is 9.47 Å². The molecule has 0 aliphatic carbocycles. The Bertz CT molecular complexity index is 882. The van der Waals surface area contributed by atoms with E-state index in [0.717, 1.165) is 11.1 Å². The molecule has 142 valence electrons. The lowest BCUT2D eigenvalue weighted by atomic mass is 10.1. The van der Waals surface area contributed by atoms with Crippen LogP contribution >= 0.6 is 0 Å². The topological polar surface area (TPSA) is 52.6 Å². The third-order valence-corrected chi connectivity index (χ3v) is 4.60. The van der Waals surface area contributed by atoms with Gasteiger partial charge in [-0.25, -0.2) is 0 Å². The van der Waals surface area contributed by atoms with Gasteiger partial charge in [-0.3, -0.25) is 9.59 Å². The Labute approximate surface area is 164 Å². The maximum atomic E-state index is 12.2. The van der Waals surface area contributed by atoms with Gasteiger partial charge in [-0.2, -0.15) is 0 Å². The first-order valence-corrected chi connectivity index (χ1v) is 9.08. The average molecular weight is 374 g/mol. The second kappa shape index (κ2) is 9.00. The molecule has 0 amide bonds. The summed E-state index contributed by atoms with van der Waals surface area (Å²) in [6.07, 6.45) is 0. The lowest BCUT2D eigenvalue weighted by Gasteiger charge is -2.15. The summed E-state index contributed by atoms with van der Waals surface area (Å²) in [6.45, 7) is 3.75. The molecule has 28 heavy (non-hydrogen) atoms. The largest absolute Gasteiger partial charge is 0.485 e. The maximum Gasteiger partial charge on any atom is 0.200 e. The molecule has 0 atom stereocenters. The number of ether oxygens (including phenoxy) is 2. The smallest absolute Gasteiger partial charge is 0.200 e. The summed E-state index contributed by atoms with van der Waals surface area (Å²) in [6, 6.07) is 21.6. The molecule has 4 heteroatoms. The fourth-order valence-electron chi connectivity index (χ4n) is 2.79. The van der Waals surface area contributed by atoms with E-state index in [1.807, 2.05) is 50.2 Å². The van der Waals surface area contributed by atoms with Gasteiger partial charge in [0.1, 0.15) is 11.5 Å². The van der Waals surface area contributed by atoms with Crippen LogP contribution in [-0.2, 0) is 0 Å². The van der Waals surface area contributed by atoms with E-state index in [0.29, 0.717) is 22.6 Å². The highest BCUT2D eigenvalue weighted by Crippen LogP contribution is 2.29. The first-order chi connectivity index (χ1) is 13.6. The highest BCUT2D eigenvalue weighted by atomic mass is 16.5.